The van der Waals surface area contributed by atoms with Crippen molar-refractivity contribution in [3.8, 4) is 0 Å². The molecule has 1 fully saturated rings. The first kappa shape index (κ1) is 25.4. The van der Waals surface area contributed by atoms with Gasteiger partial charge in [-0.2, -0.15) is 0 Å². The zero-order valence-electron chi connectivity index (χ0n) is 21.0. The van der Waals surface area contributed by atoms with E-state index >= 15 is 0 Å². The van der Waals surface area contributed by atoms with Crippen LogP contribution in [0.3, 0.4) is 0 Å². The van der Waals surface area contributed by atoms with Crippen molar-refractivity contribution in [2.45, 2.75) is 13.5 Å². The molecule has 1 amide bonds. The molecule has 1 aliphatic heterocycles. The maximum Gasteiger partial charge on any atom is 0.345 e. The highest BCUT2D eigenvalue weighted by Gasteiger charge is 2.30. The molecule has 3 heterocycles. The van der Waals surface area contributed by atoms with E-state index in [0.29, 0.717) is 53.2 Å². The molecular weight excluding hydrogens is 502 g/mol. The molecule has 2 aromatic carbocycles. The Morgan fingerprint density at radius 3 is 2.29 bits per heavy atom. The normalized spacial score (nSPS) is 13.5. The molecule has 0 saturated carbocycles. The van der Waals surface area contributed by atoms with E-state index in [2.05, 4.69) is 0 Å². The number of benzene rings is 2. The number of hydrogen-bond acceptors (Lipinski definition) is 7. The smallest absolute Gasteiger partial charge is 0.345 e. The van der Waals surface area contributed by atoms with Gasteiger partial charge in [0.1, 0.15) is 5.56 Å². The summed E-state index contributed by atoms with van der Waals surface area (Å²) in [6, 6.07) is 19.7. The monoisotopic (exact) mass is 529 g/mol. The molecule has 0 aliphatic carbocycles. The number of rotatable bonds is 7. The fourth-order valence-electron chi connectivity index (χ4n) is 4.81. The Bertz CT molecular complexity index is 1540. The maximum atomic E-state index is 13.9. The number of esters is 1. The average Bonchev–Trinajstić information content (AvgIpc) is 3.49. The quantitative estimate of drug-likeness (QED) is 0.265. The summed E-state index contributed by atoms with van der Waals surface area (Å²) in [6.45, 7) is 3.37. The van der Waals surface area contributed by atoms with Crippen LogP contribution in [0.15, 0.2) is 76.9 Å². The Morgan fingerprint density at radius 1 is 0.895 bits per heavy atom. The lowest BCUT2D eigenvalue weighted by Crippen LogP contribution is -2.49. The maximum absolute atomic E-state index is 13.9. The van der Waals surface area contributed by atoms with Gasteiger partial charge >= 0.3 is 5.97 Å². The molecule has 0 unspecified atom stereocenters. The Labute approximate surface area is 223 Å². The second-order valence-electron chi connectivity index (χ2n) is 8.90. The third kappa shape index (κ3) is 4.84. The summed E-state index contributed by atoms with van der Waals surface area (Å²) in [7, 11) is 0. The minimum Gasteiger partial charge on any atom is -0.462 e. The van der Waals surface area contributed by atoms with Crippen LogP contribution >= 0.6 is 11.3 Å². The minimum atomic E-state index is -0.726. The molecule has 0 bridgehead atoms. The van der Waals surface area contributed by atoms with Crippen molar-refractivity contribution in [3.05, 3.63) is 98.5 Å². The van der Waals surface area contributed by atoms with Crippen molar-refractivity contribution in [2.75, 3.05) is 37.7 Å². The summed E-state index contributed by atoms with van der Waals surface area (Å²) in [5.41, 5.74) is 0.859. The van der Waals surface area contributed by atoms with Crippen LogP contribution in [0.2, 0.25) is 0 Å². The van der Waals surface area contributed by atoms with Gasteiger partial charge in [0, 0.05) is 37.1 Å². The summed E-state index contributed by atoms with van der Waals surface area (Å²) >= 11 is 1.40. The first-order valence-corrected chi connectivity index (χ1v) is 13.4. The lowest BCUT2D eigenvalue weighted by Gasteiger charge is -2.37. The van der Waals surface area contributed by atoms with E-state index in [1.54, 1.807) is 48.2 Å². The molecule has 38 heavy (non-hydrogen) atoms. The van der Waals surface area contributed by atoms with Crippen molar-refractivity contribution in [1.29, 1.82) is 0 Å². The Balaban J connectivity index is 1.56. The van der Waals surface area contributed by atoms with Crippen molar-refractivity contribution in [3.63, 3.8) is 0 Å². The molecule has 0 atom stereocenters. The largest absolute Gasteiger partial charge is 0.462 e. The van der Waals surface area contributed by atoms with Gasteiger partial charge in [0.25, 0.3) is 11.5 Å². The molecule has 4 aromatic rings. The molecule has 1 saturated heterocycles. The number of para-hydroxylation sites is 1. The van der Waals surface area contributed by atoms with Crippen LogP contribution in [0, 0.1) is 0 Å². The van der Waals surface area contributed by atoms with Crippen LogP contribution in [0.5, 0.6) is 0 Å². The number of anilines is 1. The number of carbonyl (C=O) groups excluding carboxylic acids is 3. The number of thiophene rings is 1. The summed E-state index contributed by atoms with van der Waals surface area (Å²) in [6.07, 6.45) is 0. The van der Waals surface area contributed by atoms with Crippen LogP contribution in [-0.4, -0.2) is 59.9 Å². The summed E-state index contributed by atoms with van der Waals surface area (Å²) in [5, 5.41) is 2.55. The fraction of sp³-hybridized carbons (Fsp3) is 0.241. The molecule has 8 nitrogen and oxygen atoms in total. The first-order valence-electron chi connectivity index (χ1n) is 12.5. The van der Waals surface area contributed by atoms with Gasteiger partial charge in [-0.3, -0.25) is 19.0 Å². The number of pyridine rings is 1. The predicted octanol–water partition coefficient (Wildman–Crippen LogP) is 4.09. The number of piperazine rings is 1. The number of ketones is 1. The van der Waals surface area contributed by atoms with Gasteiger partial charge in [-0.1, -0.05) is 54.6 Å². The number of Topliss-reactive ketones (excluding diaryl/α,β-unsaturated/α-hetero) is 1. The Kier molecular flexibility index (Phi) is 7.37. The van der Waals surface area contributed by atoms with Gasteiger partial charge in [0.15, 0.2) is 5.78 Å². The van der Waals surface area contributed by atoms with Crippen LogP contribution in [0.4, 0.5) is 5.69 Å². The van der Waals surface area contributed by atoms with Gasteiger partial charge in [-0.15, -0.1) is 11.3 Å². The predicted molar refractivity (Wildman–Crippen MR) is 147 cm³/mol. The number of nitrogens with zero attached hydrogens (tertiary/aromatic N) is 3. The standard InChI is InChI=1S/C29H27N3O5S/c1-2-37-29(36)25-26(30-14-16-31(17-15-30)27(34)24-13-8-18-38-24)21-11-6-7-12-22(21)32(28(25)35)19-23(33)20-9-4-3-5-10-20/h3-13,18H,2,14-17,19H2,1H3. The van der Waals surface area contributed by atoms with Gasteiger partial charge in [0.2, 0.25) is 0 Å². The lowest BCUT2D eigenvalue weighted by molar-refractivity contribution is 0.0523. The summed E-state index contributed by atoms with van der Waals surface area (Å²) in [4.78, 5) is 57.4. The molecular formula is C29H27N3O5S. The molecule has 0 N–H and O–H groups in total. The number of amides is 1. The van der Waals surface area contributed by atoms with Gasteiger partial charge in [-0.05, 0) is 24.4 Å². The summed E-state index contributed by atoms with van der Waals surface area (Å²) < 4.78 is 6.67. The zero-order valence-corrected chi connectivity index (χ0v) is 21.8. The number of aromatic nitrogens is 1. The Hall–Kier alpha value is -4.24. The van der Waals surface area contributed by atoms with Crippen LogP contribution in [0.25, 0.3) is 10.9 Å². The molecule has 5 rings (SSSR count). The van der Waals surface area contributed by atoms with E-state index in [9.17, 15) is 19.2 Å². The van der Waals surface area contributed by atoms with Crippen LogP contribution < -0.4 is 10.5 Å². The van der Waals surface area contributed by atoms with Crippen LogP contribution in [-0.2, 0) is 11.3 Å². The number of hydrogen-bond donors (Lipinski definition) is 0. The van der Waals surface area contributed by atoms with Gasteiger partial charge in [0.05, 0.1) is 29.2 Å². The van der Waals surface area contributed by atoms with Crippen molar-refractivity contribution in [2.24, 2.45) is 0 Å². The van der Waals surface area contributed by atoms with Crippen molar-refractivity contribution >= 4 is 45.6 Å². The topological polar surface area (TPSA) is 88.9 Å². The van der Waals surface area contributed by atoms with Gasteiger partial charge < -0.3 is 14.5 Å². The molecule has 2 aromatic heterocycles. The SMILES string of the molecule is CCOC(=O)c1c(N2CCN(C(=O)c3cccs3)CC2)c2ccccc2n(CC(=O)c2ccccc2)c1=O. The number of ether oxygens (including phenoxy) is 1. The average molecular weight is 530 g/mol. The van der Waals surface area contributed by atoms with Crippen molar-refractivity contribution in [1.82, 2.24) is 9.47 Å². The highest BCUT2D eigenvalue weighted by atomic mass is 32.1. The minimum absolute atomic E-state index is 0.0232. The molecule has 1 aliphatic rings. The Morgan fingerprint density at radius 2 is 1.61 bits per heavy atom. The van der Waals surface area contributed by atoms with E-state index in [1.165, 1.54) is 15.9 Å². The first-order chi connectivity index (χ1) is 18.5. The molecule has 0 radical (unpaired) electrons. The molecule has 0 spiro atoms. The van der Waals surface area contributed by atoms with E-state index in [-0.39, 0.29) is 30.4 Å². The van der Waals surface area contributed by atoms with Crippen molar-refractivity contribution < 1.29 is 19.1 Å². The third-order valence-corrected chi connectivity index (χ3v) is 7.50. The van der Waals surface area contributed by atoms with E-state index < -0.39 is 11.5 Å². The second kappa shape index (κ2) is 11.0. The van der Waals surface area contributed by atoms with Gasteiger partial charge in [-0.25, -0.2) is 4.79 Å². The second-order valence-corrected chi connectivity index (χ2v) is 9.85. The van der Waals surface area contributed by atoms with E-state index in [0.717, 1.165) is 0 Å². The highest BCUT2D eigenvalue weighted by Crippen LogP contribution is 2.31. The number of carbonyl (C=O) groups is 3. The van der Waals surface area contributed by atoms with Crippen LogP contribution in [0.1, 0.15) is 37.3 Å². The number of fused-ring (bicyclic) bond motifs is 1. The van der Waals surface area contributed by atoms with E-state index in [4.69, 9.17) is 4.74 Å². The third-order valence-electron chi connectivity index (χ3n) is 6.64. The zero-order chi connectivity index (χ0) is 26.6. The molecule has 9 heteroatoms. The summed E-state index contributed by atoms with van der Waals surface area (Å²) in [5.74, 6) is -0.984. The lowest BCUT2D eigenvalue weighted by atomic mass is 10.0. The fourth-order valence-corrected chi connectivity index (χ4v) is 5.50. The van der Waals surface area contributed by atoms with E-state index in [1.807, 2.05) is 40.6 Å². The highest BCUT2D eigenvalue weighted by molar-refractivity contribution is 7.12. The molecule has 194 valence electrons.